The van der Waals surface area contributed by atoms with Crippen LogP contribution < -0.4 is 26.6 Å². The smallest absolute Gasteiger partial charge is 0.227 e. The van der Waals surface area contributed by atoms with Gasteiger partial charge in [-0.25, -0.2) is 9.97 Å². The number of rotatable bonds is 13. The molecule has 0 spiro atoms. The number of phenolic OH excluding ortho intramolecular Hbond substituents is 2. The van der Waals surface area contributed by atoms with Crippen LogP contribution in [0.3, 0.4) is 0 Å². The van der Waals surface area contributed by atoms with Gasteiger partial charge in [0.1, 0.15) is 22.3 Å². The number of carbonyl (C=O) groups excluding carboxylic acids is 2. The summed E-state index contributed by atoms with van der Waals surface area (Å²) in [6.07, 6.45) is 5.10. The van der Waals surface area contributed by atoms with Crippen molar-refractivity contribution < 1.29 is 19.8 Å². The summed E-state index contributed by atoms with van der Waals surface area (Å²) in [4.78, 5) is 46.7. The third kappa shape index (κ3) is 10.1. The molecule has 0 radical (unpaired) electrons. The van der Waals surface area contributed by atoms with Crippen molar-refractivity contribution in [2.45, 2.75) is 75.8 Å². The number of nitrogens with two attached hydrogens (primary N) is 2. The standard InChI is InChI=1S/C45H56ClN9O4S/c1-27(2)33-22-34(37(58)23-36(33)57)28(3)55(42(49-6)29(4)56)32-12-10-30(11-13-32)25-53-18-14-31(15-19-53)43(59)51-35-8-7-9-38(40(35)46)60-44-41(48)52-39(24-50-44)54-20-16-45(5,26-47)17-21-54/h7-13,22-24,27,31,57-58H,3,14-21,25-26,47H2,1-2,4-6H3,(H2,48,52)(H,51,59). The molecule has 3 aromatic carbocycles. The minimum absolute atomic E-state index is 0.00967. The fourth-order valence-electron chi connectivity index (χ4n) is 7.71. The number of likely N-dealkylation sites (tertiary alicyclic amines) is 1. The Labute approximate surface area is 361 Å². The molecular formula is C45H56ClN9O4S. The van der Waals surface area contributed by atoms with Crippen LogP contribution >= 0.6 is 23.4 Å². The van der Waals surface area contributed by atoms with Crippen LogP contribution in [0.4, 0.5) is 23.0 Å². The molecule has 318 valence electrons. The van der Waals surface area contributed by atoms with Gasteiger partial charge in [0.2, 0.25) is 5.91 Å². The third-order valence-electron chi connectivity index (χ3n) is 11.6. The molecule has 2 saturated heterocycles. The molecule has 0 aliphatic carbocycles. The van der Waals surface area contributed by atoms with Crippen molar-refractivity contribution in [1.29, 1.82) is 0 Å². The number of aromatic nitrogens is 2. The predicted octanol–water partition coefficient (Wildman–Crippen LogP) is 7.91. The second kappa shape index (κ2) is 19.1. The van der Waals surface area contributed by atoms with Crippen molar-refractivity contribution in [2.75, 3.05) is 60.6 Å². The van der Waals surface area contributed by atoms with E-state index in [4.69, 9.17) is 23.1 Å². The average molecular weight is 855 g/mol. The highest BCUT2D eigenvalue weighted by Gasteiger charge is 2.30. The predicted molar refractivity (Wildman–Crippen MR) is 243 cm³/mol. The van der Waals surface area contributed by atoms with Crippen LogP contribution in [-0.2, 0) is 16.1 Å². The number of phenols is 2. The zero-order chi connectivity index (χ0) is 43.3. The van der Waals surface area contributed by atoms with E-state index in [-0.39, 0.29) is 46.3 Å². The van der Waals surface area contributed by atoms with Crippen molar-refractivity contribution in [3.8, 4) is 11.5 Å². The first-order valence-electron chi connectivity index (χ1n) is 20.3. The molecule has 0 bridgehead atoms. The number of anilines is 4. The first-order chi connectivity index (χ1) is 28.6. The molecule has 3 heterocycles. The number of nitrogens with zero attached hydrogens (tertiary/aromatic N) is 6. The molecule has 2 fully saturated rings. The van der Waals surface area contributed by atoms with Gasteiger partial charge >= 0.3 is 0 Å². The van der Waals surface area contributed by atoms with Crippen LogP contribution in [0.25, 0.3) is 5.70 Å². The summed E-state index contributed by atoms with van der Waals surface area (Å²) >= 11 is 8.16. The van der Waals surface area contributed by atoms with E-state index < -0.39 is 0 Å². The fraction of sp³-hybridized carbons (Fsp3) is 0.400. The lowest BCUT2D eigenvalue weighted by Crippen LogP contribution is -2.42. The number of carbonyl (C=O) groups is 2. The summed E-state index contributed by atoms with van der Waals surface area (Å²) in [5.41, 5.74) is 16.1. The molecule has 7 N–H and O–H groups in total. The molecule has 0 saturated carbocycles. The Balaban J connectivity index is 1.05. The number of Topliss-reactive ketones (excluding diaryl/α,β-unsaturated/α-hetero) is 1. The number of halogens is 1. The lowest BCUT2D eigenvalue weighted by atomic mass is 9.80. The quantitative estimate of drug-likeness (QED) is 0.0648. The largest absolute Gasteiger partial charge is 0.508 e. The van der Waals surface area contributed by atoms with Crippen LogP contribution in [0, 0.1) is 11.3 Å². The molecule has 60 heavy (non-hydrogen) atoms. The lowest BCUT2D eigenvalue weighted by Gasteiger charge is -2.39. The van der Waals surface area contributed by atoms with Crippen molar-refractivity contribution in [1.82, 2.24) is 14.9 Å². The molecule has 1 aromatic heterocycles. The number of piperidine rings is 2. The molecule has 2 aliphatic rings. The molecule has 6 rings (SSSR count). The zero-order valence-corrected chi connectivity index (χ0v) is 36.6. The van der Waals surface area contributed by atoms with Crippen LogP contribution in [0.15, 0.2) is 82.3 Å². The van der Waals surface area contributed by atoms with E-state index in [0.717, 1.165) is 50.4 Å². The molecular weight excluding hydrogens is 798 g/mol. The van der Waals surface area contributed by atoms with E-state index in [1.54, 1.807) is 23.2 Å². The van der Waals surface area contributed by atoms with Crippen molar-refractivity contribution >= 4 is 69.6 Å². The van der Waals surface area contributed by atoms with Gasteiger partial charge in [-0.2, -0.15) is 0 Å². The van der Waals surface area contributed by atoms with Gasteiger partial charge in [-0.3, -0.25) is 24.4 Å². The molecule has 0 atom stereocenters. The van der Waals surface area contributed by atoms with Gasteiger partial charge < -0.3 is 31.9 Å². The van der Waals surface area contributed by atoms with Gasteiger partial charge in [0.05, 0.1) is 22.6 Å². The maximum atomic E-state index is 13.5. The lowest BCUT2D eigenvalue weighted by molar-refractivity contribution is -0.121. The molecule has 1 amide bonds. The molecule has 13 nitrogen and oxygen atoms in total. The Hall–Kier alpha value is -5.15. The maximum Gasteiger partial charge on any atom is 0.227 e. The summed E-state index contributed by atoms with van der Waals surface area (Å²) in [5.74, 6) is 0.545. The van der Waals surface area contributed by atoms with Crippen LogP contribution in [-0.4, -0.2) is 82.4 Å². The number of amides is 1. The van der Waals surface area contributed by atoms with Gasteiger partial charge in [-0.05, 0) is 98.1 Å². The summed E-state index contributed by atoms with van der Waals surface area (Å²) in [6.45, 7) is 16.3. The van der Waals surface area contributed by atoms with Gasteiger partial charge in [-0.1, -0.05) is 68.9 Å². The number of aliphatic imine (C=N–C) groups is 1. The third-order valence-corrected chi connectivity index (χ3v) is 13.2. The molecule has 0 unspecified atom stereocenters. The zero-order valence-electron chi connectivity index (χ0n) is 35.0. The summed E-state index contributed by atoms with van der Waals surface area (Å²) in [5, 5.41) is 25.3. The number of amidine groups is 1. The number of nitrogens with one attached hydrogen (secondary N) is 1. The highest BCUT2D eigenvalue weighted by atomic mass is 35.5. The SMILES string of the molecule is C=C(c1cc(C(C)C)c(O)cc1O)N(C(=NC)C(C)=O)c1ccc(CN2CCC(C(=O)Nc3cccc(Sc4ncc(N5CCC(C)(CN)CC5)nc4N)c3Cl)CC2)cc1. The normalized spacial score (nSPS) is 16.2. The van der Waals surface area contributed by atoms with Gasteiger partial charge in [0, 0.05) is 61.7 Å². The van der Waals surface area contributed by atoms with Gasteiger partial charge in [0.15, 0.2) is 17.4 Å². The second-order valence-corrected chi connectivity index (χ2v) is 17.7. The number of nitrogen functional groups attached to an aromatic ring is 1. The number of benzene rings is 3. The van der Waals surface area contributed by atoms with Crippen LogP contribution in [0.1, 0.15) is 76.0 Å². The van der Waals surface area contributed by atoms with E-state index in [9.17, 15) is 19.8 Å². The Kier molecular flexibility index (Phi) is 14.1. The van der Waals surface area contributed by atoms with Crippen LogP contribution in [0.2, 0.25) is 5.02 Å². The Morgan fingerprint density at radius 3 is 2.37 bits per heavy atom. The summed E-state index contributed by atoms with van der Waals surface area (Å²) in [7, 11) is 1.54. The highest BCUT2D eigenvalue weighted by molar-refractivity contribution is 7.99. The van der Waals surface area contributed by atoms with Crippen molar-refractivity contribution in [3.05, 3.63) is 89.1 Å². The maximum absolute atomic E-state index is 13.5. The van der Waals surface area contributed by atoms with Gasteiger partial charge in [0.25, 0.3) is 0 Å². The number of hydrogen-bond donors (Lipinski definition) is 5. The van der Waals surface area contributed by atoms with Crippen molar-refractivity contribution in [3.63, 3.8) is 0 Å². The minimum atomic E-state index is -0.267. The Morgan fingerprint density at radius 2 is 1.77 bits per heavy atom. The summed E-state index contributed by atoms with van der Waals surface area (Å²) in [6, 6.07) is 16.3. The Bertz CT molecular complexity index is 2250. The number of hydrogen-bond acceptors (Lipinski definition) is 12. The highest BCUT2D eigenvalue weighted by Crippen LogP contribution is 2.41. The molecule has 15 heteroatoms. The fourth-order valence-corrected chi connectivity index (χ4v) is 8.81. The topological polar surface area (TPSA) is 187 Å². The number of aromatic hydroxyl groups is 2. The van der Waals surface area contributed by atoms with E-state index in [1.807, 2.05) is 50.2 Å². The summed E-state index contributed by atoms with van der Waals surface area (Å²) < 4.78 is 0. The van der Waals surface area contributed by atoms with E-state index in [2.05, 4.69) is 43.6 Å². The van der Waals surface area contributed by atoms with E-state index in [1.165, 1.54) is 31.8 Å². The van der Waals surface area contributed by atoms with E-state index in [0.29, 0.717) is 74.9 Å². The van der Waals surface area contributed by atoms with Crippen molar-refractivity contribution in [2.24, 2.45) is 22.1 Å². The molecule has 2 aliphatic heterocycles. The monoisotopic (exact) mass is 853 g/mol. The van der Waals surface area contributed by atoms with Crippen LogP contribution in [0.5, 0.6) is 11.5 Å². The first-order valence-corrected chi connectivity index (χ1v) is 21.5. The average Bonchev–Trinajstić information content (AvgIpc) is 3.22. The van der Waals surface area contributed by atoms with Gasteiger partial charge in [-0.15, -0.1) is 0 Å². The Morgan fingerprint density at radius 1 is 1.08 bits per heavy atom. The molecule has 4 aromatic rings. The first kappa shape index (κ1) is 44.4. The number of ketones is 1. The minimum Gasteiger partial charge on any atom is -0.508 e. The van der Waals surface area contributed by atoms with E-state index >= 15 is 0 Å². The second-order valence-electron chi connectivity index (χ2n) is 16.3.